The fourth-order valence-electron chi connectivity index (χ4n) is 12.6. The van der Waals surface area contributed by atoms with Crippen molar-refractivity contribution >= 4 is 34.2 Å². The maximum atomic E-state index is 5.91. The lowest BCUT2D eigenvalue weighted by Gasteiger charge is -2.39. The molecule has 0 N–H and O–H groups in total. The molecule has 0 amide bonds. The van der Waals surface area contributed by atoms with Gasteiger partial charge < -0.3 is 4.74 Å². The lowest BCUT2D eigenvalue weighted by Crippen LogP contribution is -2.47. The van der Waals surface area contributed by atoms with Gasteiger partial charge in [0.1, 0.15) is 11.5 Å². The minimum Gasteiger partial charge on any atom is -0.457 e. The predicted octanol–water partition coefficient (Wildman–Crippen LogP) is 19.3. The molecule has 4 aliphatic heterocycles. The van der Waals surface area contributed by atoms with Crippen LogP contribution in [0.1, 0.15) is 141 Å². The third-order valence-electron chi connectivity index (χ3n) is 16.8. The van der Waals surface area contributed by atoms with Crippen LogP contribution in [0.15, 0.2) is 227 Å². The molecule has 0 spiro atoms. The smallest absolute Gasteiger partial charge is 0.131 e. The molecular weight excluding hydrogens is 923 g/mol. The Bertz CT molecular complexity index is 3300. The van der Waals surface area contributed by atoms with E-state index < -0.39 is 0 Å². The summed E-state index contributed by atoms with van der Waals surface area (Å²) in [7, 11) is 0. The van der Waals surface area contributed by atoms with Crippen molar-refractivity contribution in [3.63, 3.8) is 0 Å². The number of rotatable bonds is 6. The Morgan fingerprint density at radius 1 is 0.263 bits per heavy atom. The molecule has 0 aromatic heterocycles. The minimum absolute atomic E-state index is 0.0179. The van der Waals surface area contributed by atoms with Crippen molar-refractivity contribution < 1.29 is 4.74 Å². The SMILES string of the molecule is CC(C)(C1=Nc2ccccc2C1(C)C)C1=Nc2ccccc2C1(C)C.CC(C)(C1=Nc2ccccc2C1(C)C)c1ccccc1.CC(C)(c1ccccc1)c1ccccc1.CC1(C)c2ccccc2Oc2ccccc21. The summed E-state index contributed by atoms with van der Waals surface area (Å²) >= 11 is 0. The minimum atomic E-state index is -0.217. The second-order valence-electron chi connectivity index (χ2n) is 24.5. The summed E-state index contributed by atoms with van der Waals surface area (Å²) < 4.78 is 5.91. The van der Waals surface area contributed by atoms with E-state index in [0.29, 0.717) is 0 Å². The van der Waals surface area contributed by atoms with E-state index in [1.807, 2.05) is 24.3 Å². The van der Waals surface area contributed by atoms with Gasteiger partial charge in [-0.3, -0.25) is 15.0 Å². The first-order valence-electron chi connectivity index (χ1n) is 27.1. The molecule has 8 aromatic carbocycles. The van der Waals surface area contributed by atoms with Crippen molar-refractivity contribution in [1.82, 2.24) is 0 Å². The summed E-state index contributed by atoms with van der Waals surface area (Å²) in [5.41, 5.74) is 17.1. The third kappa shape index (κ3) is 9.72. The van der Waals surface area contributed by atoms with Crippen LogP contribution in [0.3, 0.4) is 0 Å². The van der Waals surface area contributed by atoms with Crippen molar-refractivity contribution in [3.8, 4) is 11.5 Å². The summed E-state index contributed by atoms with van der Waals surface area (Å²) in [6, 6.07) is 74.0. The molecule has 0 unspecified atom stereocenters. The zero-order chi connectivity index (χ0) is 54.3. The first kappa shape index (κ1) is 53.4. The summed E-state index contributed by atoms with van der Waals surface area (Å²) in [6.07, 6.45) is 0. The number of ether oxygens (including phenoxy) is 1. The van der Waals surface area contributed by atoms with E-state index >= 15 is 0 Å². The van der Waals surface area contributed by atoms with E-state index in [-0.39, 0.29) is 37.9 Å². The summed E-state index contributed by atoms with van der Waals surface area (Å²) in [6.45, 7) is 31.8. The molecule has 4 aliphatic rings. The fraction of sp³-hybridized carbons (Fsp3) is 0.292. The quantitative estimate of drug-likeness (QED) is 0.164. The van der Waals surface area contributed by atoms with Gasteiger partial charge in [-0.05, 0) is 77.6 Å². The number of hydrogen-bond acceptors (Lipinski definition) is 4. The van der Waals surface area contributed by atoms with Crippen LogP contribution in [0.4, 0.5) is 17.1 Å². The number of para-hydroxylation sites is 5. The molecule has 0 bridgehead atoms. The molecule has 76 heavy (non-hydrogen) atoms. The van der Waals surface area contributed by atoms with Crippen LogP contribution >= 0.6 is 0 Å². The van der Waals surface area contributed by atoms with Gasteiger partial charge >= 0.3 is 0 Å². The molecule has 4 heterocycles. The van der Waals surface area contributed by atoms with Gasteiger partial charge in [-0.15, -0.1) is 0 Å². The second kappa shape index (κ2) is 20.3. The Hall–Kier alpha value is -7.43. The van der Waals surface area contributed by atoms with Gasteiger partial charge in [0, 0.05) is 66.2 Å². The number of benzene rings is 8. The summed E-state index contributed by atoms with van der Waals surface area (Å²) in [5.74, 6) is 1.96. The van der Waals surface area contributed by atoms with Gasteiger partial charge in [0.2, 0.25) is 0 Å². The first-order chi connectivity index (χ1) is 36.0. The molecule has 4 heteroatoms. The van der Waals surface area contributed by atoms with E-state index in [0.717, 1.165) is 28.6 Å². The number of hydrogen-bond donors (Lipinski definition) is 0. The largest absolute Gasteiger partial charge is 0.457 e. The Balaban J connectivity index is 0.000000126. The van der Waals surface area contributed by atoms with Gasteiger partial charge in [-0.1, -0.05) is 265 Å². The molecule has 0 radical (unpaired) electrons. The van der Waals surface area contributed by atoms with Crippen LogP contribution in [-0.4, -0.2) is 17.1 Å². The molecule has 386 valence electrons. The normalized spacial score (nSPS) is 16.5. The van der Waals surface area contributed by atoms with E-state index in [1.165, 1.54) is 61.6 Å². The van der Waals surface area contributed by atoms with E-state index in [2.05, 4.69) is 285 Å². The zero-order valence-electron chi connectivity index (χ0n) is 47.5. The highest BCUT2D eigenvalue weighted by Crippen LogP contribution is 2.52. The molecule has 0 aliphatic carbocycles. The Morgan fingerprint density at radius 2 is 0.513 bits per heavy atom. The maximum Gasteiger partial charge on any atom is 0.131 e. The van der Waals surface area contributed by atoms with Crippen molar-refractivity contribution in [1.29, 1.82) is 0 Å². The average molecular weight is 1000 g/mol. The van der Waals surface area contributed by atoms with Crippen molar-refractivity contribution in [2.45, 2.75) is 129 Å². The monoisotopic (exact) mass is 1000 g/mol. The molecule has 0 saturated carbocycles. The van der Waals surface area contributed by atoms with Gasteiger partial charge in [-0.25, -0.2) is 0 Å². The molecular formula is C72H77N3O. The van der Waals surface area contributed by atoms with Crippen molar-refractivity contribution in [3.05, 3.63) is 257 Å². The standard InChI is InChI=1S/C23H26N2.C19H21N.C15H14O.C15H16/c1-21(2)15-11-7-9-13-17(15)24-19(21)23(5,6)20-22(3,4)16-12-8-10-14-18(16)25-20;1-18(2,14-10-6-5-7-11-14)17-19(3,4)15-12-8-9-13-16(15)20-17;1-15(2)11-7-3-5-9-13(11)16-14-10-6-4-8-12(14)15;1-15(2,13-9-5-3-6-10-13)14-11-7-4-8-12-14/h7-14H,1-6H3;5-13H,1-4H3;3-10H,1-2H3;3-12H,1-2H3. The van der Waals surface area contributed by atoms with Gasteiger partial charge in [0.15, 0.2) is 0 Å². The second-order valence-corrected chi connectivity index (χ2v) is 24.5. The predicted molar refractivity (Wildman–Crippen MR) is 323 cm³/mol. The van der Waals surface area contributed by atoms with Gasteiger partial charge in [0.25, 0.3) is 0 Å². The Morgan fingerprint density at radius 3 is 0.829 bits per heavy atom. The number of fused-ring (bicyclic) bond motifs is 5. The van der Waals surface area contributed by atoms with Crippen molar-refractivity contribution in [2.75, 3.05) is 0 Å². The van der Waals surface area contributed by atoms with Gasteiger partial charge in [0.05, 0.1) is 17.1 Å². The summed E-state index contributed by atoms with van der Waals surface area (Å²) in [5, 5.41) is 0. The van der Waals surface area contributed by atoms with Crippen LogP contribution in [0.25, 0.3) is 0 Å². The van der Waals surface area contributed by atoms with Crippen LogP contribution in [0.2, 0.25) is 0 Å². The lowest BCUT2D eigenvalue weighted by molar-refractivity contribution is 0.418. The van der Waals surface area contributed by atoms with E-state index in [9.17, 15) is 0 Å². The summed E-state index contributed by atoms with van der Waals surface area (Å²) in [4.78, 5) is 15.1. The zero-order valence-corrected chi connectivity index (χ0v) is 47.5. The van der Waals surface area contributed by atoms with Crippen LogP contribution in [-0.2, 0) is 32.5 Å². The number of aliphatic imine (C=N–C) groups is 3. The highest BCUT2D eigenvalue weighted by Gasteiger charge is 2.51. The highest BCUT2D eigenvalue weighted by atomic mass is 16.5. The first-order valence-corrected chi connectivity index (χ1v) is 27.1. The Labute approximate surface area is 454 Å². The molecule has 12 rings (SSSR count). The molecule has 8 aromatic rings. The van der Waals surface area contributed by atoms with Gasteiger partial charge in [-0.2, -0.15) is 0 Å². The third-order valence-corrected chi connectivity index (χ3v) is 16.8. The molecule has 0 atom stereocenters. The number of nitrogens with zero attached hydrogens (tertiary/aromatic N) is 3. The lowest BCUT2D eigenvalue weighted by atomic mass is 9.63. The molecule has 4 nitrogen and oxygen atoms in total. The molecule has 0 fully saturated rings. The van der Waals surface area contributed by atoms with Crippen LogP contribution in [0, 0.1) is 5.41 Å². The fourth-order valence-corrected chi connectivity index (χ4v) is 12.6. The van der Waals surface area contributed by atoms with E-state index in [1.54, 1.807) is 0 Å². The Kier molecular flexibility index (Phi) is 14.2. The van der Waals surface area contributed by atoms with Crippen LogP contribution in [0.5, 0.6) is 11.5 Å². The van der Waals surface area contributed by atoms with Crippen molar-refractivity contribution in [2.24, 2.45) is 20.4 Å². The van der Waals surface area contributed by atoms with Crippen LogP contribution < -0.4 is 4.74 Å². The molecule has 0 saturated heterocycles. The van der Waals surface area contributed by atoms with E-state index in [4.69, 9.17) is 19.7 Å². The average Bonchev–Trinajstić information content (AvgIpc) is 4.00. The maximum absolute atomic E-state index is 5.91. The highest BCUT2D eigenvalue weighted by molar-refractivity contribution is 6.22. The topological polar surface area (TPSA) is 46.3 Å².